The van der Waals surface area contributed by atoms with E-state index in [2.05, 4.69) is 23.9 Å². The molecule has 2 aliphatic rings. The lowest BCUT2D eigenvalue weighted by molar-refractivity contribution is -0.114. The monoisotopic (exact) mass is 473 g/mol. The Hall–Kier alpha value is -2.35. The molecule has 160 valence electrons. The fourth-order valence-corrected chi connectivity index (χ4v) is 5.23. The summed E-state index contributed by atoms with van der Waals surface area (Å²) in [5.74, 6) is 0.0377. The number of amidine groups is 2. The third-order valence-electron chi connectivity index (χ3n) is 4.95. The van der Waals surface area contributed by atoms with E-state index in [0.29, 0.717) is 21.1 Å². The van der Waals surface area contributed by atoms with Gasteiger partial charge in [0.25, 0.3) is 5.91 Å². The van der Waals surface area contributed by atoms with Crippen molar-refractivity contribution in [3.05, 3.63) is 56.8 Å². The number of halogens is 2. The molecule has 1 aromatic heterocycles. The molecule has 9 heteroatoms. The van der Waals surface area contributed by atoms with E-state index in [-0.39, 0.29) is 11.4 Å². The quantitative estimate of drug-likeness (QED) is 0.547. The van der Waals surface area contributed by atoms with E-state index in [1.807, 2.05) is 36.6 Å². The number of carbonyl (C=O) groups is 1. The Morgan fingerprint density at radius 3 is 2.48 bits per heavy atom. The fraction of sp³-hybridized carbons (Fsp3) is 0.273. The molecule has 0 saturated heterocycles. The lowest BCUT2D eigenvalue weighted by Gasteiger charge is -2.20. The first-order valence-electron chi connectivity index (χ1n) is 9.78. The summed E-state index contributed by atoms with van der Waals surface area (Å²) in [5.41, 5.74) is 3.72. The van der Waals surface area contributed by atoms with Crippen LogP contribution in [0.15, 0.2) is 39.9 Å². The Morgan fingerprint density at radius 2 is 1.84 bits per heavy atom. The van der Waals surface area contributed by atoms with Gasteiger partial charge in [0.05, 0.1) is 5.57 Å². The second-order valence-electron chi connectivity index (χ2n) is 7.90. The van der Waals surface area contributed by atoms with Crippen molar-refractivity contribution in [2.75, 3.05) is 0 Å². The van der Waals surface area contributed by atoms with E-state index in [0.717, 1.165) is 34.1 Å². The van der Waals surface area contributed by atoms with E-state index in [1.54, 1.807) is 12.1 Å². The third-order valence-corrected chi connectivity index (χ3v) is 6.32. The molecule has 0 spiro atoms. The van der Waals surface area contributed by atoms with Gasteiger partial charge in [-0.15, -0.1) is 0 Å². The van der Waals surface area contributed by atoms with Gasteiger partial charge in [-0.1, -0.05) is 37.0 Å². The van der Waals surface area contributed by atoms with E-state index < -0.39 is 5.91 Å². The van der Waals surface area contributed by atoms with Crippen molar-refractivity contribution in [2.24, 2.45) is 16.0 Å². The number of aryl methyl sites for hydroxylation is 1. The van der Waals surface area contributed by atoms with Gasteiger partial charge in [-0.25, -0.2) is 0 Å². The summed E-state index contributed by atoms with van der Waals surface area (Å²) in [4.78, 5) is 16.9. The van der Waals surface area contributed by atoms with Gasteiger partial charge >= 0.3 is 0 Å². The second-order valence-corrected chi connectivity index (χ2v) is 9.81. The second kappa shape index (κ2) is 8.30. The molecule has 1 aromatic carbocycles. The van der Waals surface area contributed by atoms with Crippen LogP contribution in [0.5, 0.6) is 0 Å². The Bertz CT molecular complexity index is 1190. The van der Waals surface area contributed by atoms with Crippen molar-refractivity contribution in [3.8, 4) is 5.69 Å². The Balaban J connectivity index is 1.72. The van der Waals surface area contributed by atoms with E-state index >= 15 is 0 Å². The summed E-state index contributed by atoms with van der Waals surface area (Å²) >= 11 is 13.7. The van der Waals surface area contributed by atoms with Crippen molar-refractivity contribution in [1.29, 1.82) is 5.41 Å². The summed E-state index contributed by atoms with van der Waals surface area (Å²) in [7, 11) is 0. The summed E-state index contributed by atoms with van der Waals surface area (Å²) in [6, 6.07) is 7.31. The summed E-state index contributed by atoms with van der Waals surface area (Å²) in [6.07, 6.45) is 2.49. The molecule has 0 saturated carbocycles. The molecule has 6 nitrogen and oxygen atoms in total. The standard InChI is InChI=1S/C22H21Cl2N5OS/c1-11(2)5-19-27-29-20(25)18(21(30)26-22(29)31-19)7-14-6-12(3)28(13(14)4)17-9-15(23)8-16(24)10-17/h6-11,25H,5H2,1-4H3. The van der Waals surface area contributed by atoms with Crippen LogP contribution in [0.1, 0.15) is 37.2 Å². The number of hydrogen-bond donors (Lipinski definition) is 1. The summed E-state index contributed by atoms with van der Waals surface area (Å²) in [5, 5.41) is 16.9. The van der Waals surface area contributed by atoms with Crippen molar-refractivity contribution in [1.82, 2.24) is 9.58 Å². The van der Waals surface area contributed by atoms with Crippen molar-refractivity contribution in [2.45, 2.75) is 34.1 Å². The minimum atomic E-state index is -0.430. The molecule has 31 heavy (non-hydrogen) atoms. The average molecular weight is 474 g/mol. The zero-order valence-electron chi connectivity index (χ0n) is 17.5. The van der Waals surface area contributed by atoms with Crippen LogP contribution >= 0.6 is 35.0 Å². The van der Waals surface area contributed by atoms with Crippen molar-refractivity contribution in [3.63, 3.8) is 0 Å². The number of hydrazone groups is 1. The van der Waals surface area contributed by atoms with Gasteiger partial charge < -0.3 is 4.57 Å². The van der Waals surface area contributed by atoms with Gasteiger partial charge in [-0.3, -0.25) is 10.2 Å². The summed E-state index contributed by atoms with van der Waals surface area (Å²) in [6.45, 7) is 8.12. The molecular weight excluding hydrogens is 453 g/mol. The zero-order chi connectivity index (χ0) is 22.4. The van der Waals surface area contributed by atoms with E-state index in [4.69, 9.17) is 28.6 Å². The van der Waals surface area contributed by atoms with Gasteiger partial charge in [0, 0.05) is 33.5 Å². The van der Waals surface area contributed by atoms with Gasteiger partial charge in [-0.05, 0) is 67.4 Å². The molecule has 3 heterocycles. The highest BCUT2D eigenvalue weighted by atomic mass is 35.5. The Morgan fingerprint density at radius 1 is 1.16 bits per heavy atom. The average Bonchev–Trinajstić information content (AvgIpc) is 3.17. The summed E-state index contributed by atoms with van der Waals surface area (Å²) < 4.78 is 2.01. The third kappa shape index (κ3) is 4.22. The maximum Gasteiger partial charge on any atom is 0.283 e. The highest BCUT2D eigenvalue weighted by Crippen LogP contribution is 2.32. The van der Waals surface area contributed by atoms with Crippen LogP contribution in [0.3, 0.4) is 0 Å². The molecule has 1 N–H and O–H groups in total. The lowest BCUT2D eigenvalue weighted by Crippen LogP contribution is -2.35. The van der Waals surface area contributed by atoms with Crippen molar-refractivity contribution >= 4 is 63.0 Å². The van der Waals surface area contributed by atoms with E-state index in [9.17, 15) is 4.79 Å². The number of carbonyl (C=O) groups excluding carboxylic acids is 1. The number of nitrogens with one attached hydrogen (secondary N) is 1. The minimum Gasteiger partial charge on any atom is -0.318 e. The van der Waals surface area contributed by atoms with Crippen LogP contribution in [0.25, 0.3) is 11.8 Å². The van der Waals surface area contributed by atoms with Gasteiger partial charge in [-0.2, -0.15) is 15.1 Å². The number of hydrogen-bond acceptors (Lipinski definition) is 4. The molecule has 2 aromatic rings. The minimum absolute atomic E-state index is 0.0388. The smallest absolute Gasteiger partial charge is 0.283 e. The molecule has 0 aliphatic carbocycles. The largest absolute Gasteiger partial charge is 0.318 e. The first-order chi connectivity index (χ1) is 14.6. The molecule has 0 atom stereocenters. The number of rotatable bonds is 4. The van der Waals surface area contributed by atoms with Crippen LogP contribution in [0, 0.1) is 25.2 Å². The normalized spacial score (nSPS) is 17.5. The first kappa shape index (κ1) is 21.9. The molecule has 0 unspecified atom stereocenters. The van der Waals surface area contributed by atoms with Gasteiger partial charge in [0.2, 0.25) is 5.17 Å². The highest BCUT2D eigenvalue weighted by molar-refractivity contribution is 8.26. The highest BCUT2D eigenvalue weighted by Gasteiger charge is 2.35. The van der Waals surface area contributed by atoms with Crippen LogP contribution in [-0.4, -0.2) is 31.5 Å². The number of fused-ring (bicyclic) bond motifs is 1. The molecule has 0 bridgehead atoms. The van der Waals surface area contributed by atoms with Crippen LogP contribution in [-0.2, 0) is 4.79 Å². The molecule has 1 amide bonds. The van der Waals surface area contributed by atoms with Crippen LogP contribution in [0.4, 0.5) is 0 Å². The Kier molecular flexibility index (Phi) is 5.85. The predicted octanol–water partition coefficient (Wildman–Crippen LogP) is 6.07. The van der Waals surface area contributed by atoms with Crippen LogP contribution in [0.2, 0.25) is 10.0 Å². The van der Waals surface area contributed by atoms with Crippen LogP contribution < -0.4 is 0 Å². The Labute approximate surface area is 195 Å². The zero-order valence-corrected chi connectivity index (χ0v) is 19.9. The number of thioether (sulfide) groups is 1. The number of aliphatic imine (C=N–C) groups is 1. The van der Waals surface area contributed by atoms with Crippen molar-refractivity contribution < 1.29 is 4.79 Å². The van der Waals surface area contributed by atoms with Gasteiger partial charge in [0.1, 0.15) is 5.04 Å². The lowest BCUT2D eigenvalue weighted by atomic mass is 10.1. The molecule has 0 fully saturated rings. The maximum absolute atomic E-state index is 12.7. The fourth-order valence-electron chi connectivity index (χ4n) is 3.62. The maximum atomic E-state index is 12.7. The SMILES string of the molecule is Cc1cc(C=C2C(=N)N3N=C(CC(C)C)SC3=NC2=O)c(C)n1-c1cc(Cl)cc(Cl)c1. The van der Waals surface area contributed by atoms with Gasteiger partial charge in [0.15, 0.2) is 5.84 Å². The molecule has 4 rings (SSSR count). The number of benzene rings is 1. The molecule has 0 radical (unpaired) electrons. The first-order valence-corrected chi connectivity index (χ1v) is 11.4. The topological polar surface area (TPSA) is 73.8 Å². The molecule has 2 aliphatic heterocycles. The number of amides is 1. The number of aromatic nitrogens is 1. The number of nitrogens with zero attached hydrogens (tertiary/aromatic N) is 4. The van der Waals surface area contributed by atoms with E-state index in [1.165, 1.54) is 16.8 Å². The molecular formula is C22H21Cl2N5OS. The predicted molar refractivity (Wildman–Crippen MR) is 130 cm³/mol.